The molecule has 1 aliphatic rings. The van der Waals surface area contributed by atoms with Crippen molar-refractivity contribution in [3.05, 3.63) is 24.3 Å². The topological polar surface area (TPSA) is 149 Å². The Morgan fingerprint density at radius 3 is 1.74 bits per heavy atom. The fourth-order valence-corrected chi connectivity index (χ4v) is 5.85. The van der Waals surface area contributed by atoms with Crippen LogP contribution in [0.3, 0.4) is 0 Å². The van der Waals surface area contributed by atoms with Crippen molar-refractivity contribution in [1.82, 2.24) is 5.32 Å². The van der Waals surface area contributed by atoms with Gasteiger partial charge >= 0.3 is 0 Å². The molecule has 7 atom stereocenters. The summed E-state index contributed by atoms with van der Waals surface area (Å²) in [5, 5.41) is 53.8. The Balaban J connectivity index is 2.48. The summed E-state index contributed by atoms with van der Waals surface area (Å²) in [7, 11) is 0. The van der Waals surface area contributed by atoms with Gasteiger partial charge in [0.2, 0.25) is 5.91 Å². The summed E-state index contributed by atoms with van der Waals surface area (Å²) in [6.07, 6.45) is 25.0. The van der Waals surface area contributed by atoms with E-state index in [1.807, 2.05) is 6.08 Å². The zero-order valence-corrected chi connectivity index (χ0v) is 29.8. The molecule has 0 bridgehead atoms. The SMILES string of the molecule is CCCCCC/C=C\CCCCCCCC(=O)NC(COC1OC(CO)C(O)C(O)C1O)C(O)/C=C/CCCCCCCCCCC. The molecule has 1 aliphatic heterocycles. The van der Waals surface area contributed by atoms with Crippen molar-refractivity contribution < 1.29 is 39.8 Å². The summed E-state index contributed by atoms with van der Waals surface area (Å²) in [6, 6.07) is -0.803. The summed E-state index contributed by atoms with van der Waals surface area (Å²) < 4.78 is 11.1. The second kappa shape index (κ2) is 29.6. The first kappa shape index (κ1) is 43.7. The minimum atomic E-state index is -1.56. The van der Waals surface area contributed by atoms with Crippen molar-refractivity contribution in [2.24, 2.45) is 0 Å². The van der Waals surface area contributed by atoms with E-state index >= 15 is 0 Å². The fourth-order valence-electron chi connectivity index (χ4n) is 5.85. The highest BCUT2D eigenvalue weighted by molar-refractivity contribution is 5.76. The number of aliphatic hydroxyl groups excluding tert-OH is 5. The lowest BCUT2D eigenvalue weighted by molar-refractivity contribution is -0.302. The maximum absolute atomic E-state index is 12.8. The summed E-state index contributed by atoms with van der Waals surface area (Å²) >= 11 is 0. The number of ether oxygens (including phenoxy) is 2. The van der Waals surface area contributed by atoms with E-state index in [0.717, 1.165) is 57.8 Å². The molecular weight excluding hydrogens is 598 g/mol. The zero-order valence-electron chi connectivity index (χ0n) is 29.8. The van der Waals surface area contributed by atoms with Crippen LogP contribution in [-0.4, -0.2) is 87.5 Å². The number of amides is 1. The summed E-state index contributed by atoms with van der Waals surface area (Å²) in [4.78, 5) is 12.8. The number of carbonyl (C=O) groups excluding carboxylic acids is 1. The lowest BCUT2D eigenvalue weighted by atomic mass is 9.99. The van der Waals surface area contributed by atoms with Gasteiger partial charge in [0.1, 0.15) is 24.4 Å². The highest BCUT2D eigenvalue weighted by atomic mass is 16.7. The van der Waals surface area contributed by atoms with Crippen LogP contribution in [0.5, 0.6) is 0 Å². The van der Waals surface area contributed by atoms with E-state index in [0.29, 0.717) is 6.42 Å². The predicted molar refractivity (Wildman–Crippen MR) is 189 cm³/mol. The van der Waals surface area contributed by atoms with Gasteiger partial charge in [-0.2, -0.15) is 0 Å². The van der Waals surface area contributed by atoms with Crippen molar-refractivity contribution in [3.63, 3.8) is 0 Å². The number of hydrogen-bond donors (Lipinski definition) is 6. The molecule has 1 saturated heterocycles. The molecule has 0 radical (unpaired) electrons. The molecule has 276 valence electrons. The van der Waals surface area contributed by atoms with Crippen molar-refractivity contribution in [3.8, 4) is 0 Å². The molecular formula is C38H71NO8. The molecule has 1 heterocycles. The molecule has 47 heavy (non-hydrogen) atoms. The molecule has 6 N–H and O–H groups in total. The predicted octanol–water partition coefficient (Wildman–Crippen LogP) is 6.38. The number of rotatable bonds is 30. The summed E-state index contributed by atoms with van der Waals surface area (Å²) in [6.45, 7) is 3.70. The van der Waals surface area contributed by atoms with Crippen LogP contribution in [0.25, 0.3) is 0 Å². The Bertz CT molecular complexity index is 792. The van der Waals surface area contributed by atoms with Gasteiger partial charge in [0.25, 0.3) is 0 Å². The average molecular weight is 670 g/mol. The van der Waals surface area contributed by atoms with Gasteiger partial charge in [-0.15, -0.1) is 0 Å². The van der Waals surface area contributed by atoms with Gasteiger partial charge in [-0.1, -0.05) is 128 Å². The minimum Gasteiger partial charge on any atom is -0.394 e. The summed E-state index contributed by atoms with van der Waals surface area (Å²) in [5.41, 5.74) is 0. The first-order chi connectivity index (χ1) is 22.8. The number of hydrogen-bond acceptors (Lipinski definition) is 8. The standard InChI is InChI=1S/C38H71NO8/c1-3-5-7-9-11-13-15-16-18-20-22-24-26-28-34(42)39-31(30-46-38-37(45)36(44)35(43)33(29-40)47-38)32(41)27-25-23-21-19-17-14-12-10-8-6-4-2/h13,15,25,27,31-33,35-38,40-41,43-45H,3-12,14,16-24,26,28-30H2,1-2H3,(H,39,42)/b15-13-,27-25+. The molecule has 1 rings (SSSR count). The van der Waals surface area contributed by atoms with E-state index in [1.165, 1.54) is 77.0 Å². The first-order valence-electron chi connectivity index (χ1n) is 19.1. The largest absolute Gasteiger partial charge is 0.394 e. The van der Waals surface area contributed by atoms with E-state index in [9.17, 15) is 30.3 Å². The van der Waals surface area contributed by atoms with Gasteiger partial charge in [0, 0.05) is 6.42 Å². The monoisotopic (exact) mass is 670 g/mol. The zero-order chi connectivity index (χ0) is 34.5. The van der Waals surface area contributed by atoms with Crippen molar-refractivity contribution in [2.45, 2.75) is 198 Å². The number of nitrogens with one attached hydrogen (secondary N) is 1. The van der Waals surface area contributed by atoms with Crippen molar-refractivity contribution in [2.75, 3.05) is 13.2 Å². The lowest BCUT2D eigenvalue weighted by Crippen LogP contribution is -2.60. The van der Waals surface area contributed by atoms with Crippen molar-refractivity contribution in [1.29, 1.82) is 0 Å². The first-order valence-corrected chi connectivity index (χ1v) is 19.1. The third-order valence-corrected chi connectivity index (χ3v) is 9.02. The van der Waals surface area contributed by atoms with E-state index in [4.69, 9.17) is 9.47 Å². The fraction of sp³-hybridized carbons (Fsp3) is 0.868. The average Bonchev–Trinajstić information content (AvgIpc) is 3.07. The maximum Gasteiger partial charge on any atom is 0.220 e. The lowest BCUT2D eigenvalue weighted by Gasteiger charge is -2.40. The highest BCUT2D eigenvalue weighted by Crippen LogP contribution is 2.22. The van der Waals surface area contributed by atoms with Crippen LogP contribution < -0.4 is 5.32 Å². The number of unbranched alkanes of at least 4 members (excludes halogenated alkanes) is 18. The van der Waals surface area contributed by atoms with E-state index < -0.39 is 49.5 Å². The third-order valence-electron chi connectivity index (χ3n) is 9.02. The van der Waals surface area contributed by atoms with E-state index in [2.05, 4.69) is 31.3 Å². The third kappa shape index (κ3) is 21.4. The minimum absolute atomic E-state index is 0.190. The molecule has 0 spiro atoms. The maximum atomic E-state index is 12.8. The Kier molecular flexibility index (Phi) is 27.5. The van der Waals surface area contributed by atoms with Crippen LogP contribution in [0, 0.1) is 0 Å². The molecule has 0 aliphatic carbocycles. The normalized spacial score (nSPS) is 23.1. The van der Waals surface area contributed by atoms with Crippen LogP contribution in [-0.2, 0) is 14.3 Å². The van der Waals surface area contributed by atoms with Gasteiger partial charge in [0.05, 0.1) is 25.4 Å². The Morgan fingerprint density at radius 2 is 1.19 bits per heavy atom. The van der Waals surface area contributed by atoms with Gasteiger partial charge in [0.15, 0.2) is 6.29 Å². The van der Waals surface area contributed by atoms with Crippen LogP contribution in [0.15, 0.2) is 24.3 Å². The van der Waals surface area contributed by atoms with E-state index in [1.54, 1.807) is 6.08 Å². The molecule has 0 aromatic rings. The number of aliphatic hydroxyl groups is 5. The molecule has 0 aromatic carbocycles. The number of carbonyl (C=O) groups is 1. The molecule has 0 aromatic heterocycles. The molecule has 0 saturated carbocycles. The molecule has 9 nitrogen and oxygen atoms in total. The van der Waals surface area contributed by atoms with Gasteiger partial charge in [-0.3, -0.25) is 4.79 Å². The quantitative estimate of drug-likeness (QED) is 0.0381. The Morgan fingerprint density at radius 1 is 0.702 bits per heavy atom. The molecule has 7 unspecified atom stereocenters. The van der Waals surface area contributed by atoms with Crippen LogP contribution in [0.2, 0.25) is 0 Å². The van der Waals surface area contributed by atoms with Gasteiger partial charge in [-0.25, -0.2) is 0 Å². The van der Waals surface area contributed by atoms with Crippen LogP contribution in [0.4, 0.5) is 0 Å². The highest BCUT2D eigenvalue weighted by Gasteiger charge is 2.44. The molecule has 1 fully saturated rings. The van der Waals surface area contributed by atoms with Crippen LogP contribution >= 0.6 is 0 Å². The van der Waals surface area contributed by atoms with E-state index in [-0.39, 0.29) is 12.5 Å². The summed E-state index contributed by atoms with van der Waals surface area (Å²) in [5.74, 6) is -0.190. The Hall–Kier alpha value is -1.33. The van der Waals surface area contributed by atoms with Gasteiger partial charge in [-0.05, 0) is 44.9 Å². The van der Waals surface area contributed by atoms with Gasteiger partial charge < -0.3 is 40.3 Å². The second-order valence-corrected chi connectivity index (χ2v) is 13.4. The smallest absolute Gasteiger partial charge is 0.220 e. The molecule has 1 amide bonds. The molecule has 9 heteroatoms. The Labute approximate surface area is 286 Å². The van der Waals surface area contributed by atoms with Crippen molar-refractivity contribution >= 4 is 5.91 Å². The number of allylic oxidation sites excluding steroid dienone is 3. The van der Waals surface area contributed by atoms with Crippen LogP contribution in [0.1, 0.15) is 155 Å². The second-order valence-electron chi connectivity index (χ2n) is 13.4.